The standard InChI is InChI=1S/C14H10N8O2S2/c15-12-13(20-24-19-12)22-11(9-4-2-6-26-9)10(17-21-22)14(23)18-16-7-8-3-1-5-25-8/h1-7H,(H2,15,19)(H,18,23)/b16-7+. The first-order valence-corrected chi connectivity index (χ1v) is 8.95. The van der Waals surface area contributed by atoms with Gasteiger partial charge in [-0.3, -0.25) is 4.79 Å². The van der Waals surface area contributed by atoms with Gasteiger partial charge < -0.3 is 5.73 Å². The van der Waals surface area contributed by atoms with Crippen LogP contribution in [0, 0.1) is 0 Å². The van der Waals surface area contributed by atoms with E-state index in [9.17, 15) is 4.79 Å². The molecule has 0 aliphatic rings. The van der Waals surface area contributed by atoms with E-state index in [-0.39, 0.29) is 17.3 Å². The smallest absolute Gasteiger partial charge is 0.294 e. The summed E-state index contributed by atoms with van der Waals surface area (Å²) in [7, 11) is 0. The van der Waals surface area contributed by atoms with Crippen molar-refractivity contribution in [2.24, 2.45) is 5.10 Å². The molecule has 10 nitrogen and oxygen atoms in total. The first kappa shape index (κ1) is 16.1. The van der Waals surface area contributed by atoms with Gasteiger partial charge in [0.05, 0.1) is 11.1 Å². The lowest BCUT2D eigenvalue weighted by molar-refractivity contribution is 0.0951. The van der Waals surface area contributed by atoms with Crippen molar-refractivity contribution in [2.75, 3.05) is 5.73 Å². The topological polar surface area (TPSA) is 137 Å². The van der Waals surface area contributed by atoms with E-state index in [2.05, 4.69) is 35.8 Å². The Kier molecular flexibility index (Phi) is 4.25. The molecule has 3 N–H and O–H groups in total. The summed E-state index contributed by atoms with van der Waals surface area (Å²) < 4.78 is 5.93. The highest BCUT2D eigenvalue weighted by molar-refractivity contribution is 7.13. The second-order valence-electron chi connectivity index (χ2n) is 4.86. The summed E-state index contributed by atoms with van der Waals surface area (Å²) in [6.07, 6.45) is 1.55. The van der Waals surface area contributed by atoms with Gasteiger partial charge in [0.15, 0.2) is 5.69 Å². The van der Waals surface area contributed by atoms with Crippen LogP contribution >= 0.6 is 22.7 Å². The van der Waals surface area contributed by atoms with Crippen LogP contribution in [0.2, 0.25) is 0 Å². The molecule has 12 heteroatoms. The normalized spacial score (nSPS) is 11.2. The summed E-state index contributed by atoms with van der Waals surface area (Å²) in [6.45, 7) is 0. The van der Waals surface area contributed by atoms with Crippen molar-refractivity contribution in [3.8, 4) is 16.4 Å². The number of carbonyl (C=O) groups excluding carboxylic acids is 1. The molecule has 1 amide bonds. The average Bonchev–Trinajstić information content (AvgIpc) is 3.41. The number of hydrazone groups is 1. The highest BCUT2D eigenvalue weighted by Gasteiger charge is 2.25. The van der Waals surface area contributed by atoms with E-state index in [1.807, 2.05) is 35.0 Å². The molecule has 4 rings (SSSR count). The van der Waals surface area contributed by atoms with Crippen molar-refractivity contribution in [3.63, 3.8) is 0 Å². The molecule has 0 fully saturated rings. The number of anilines is 1. The minimum Gasteiger partial charge on any atom is -0.378 e. The van der Waals surface area contributed by atoms with Gasteiger partial charge in [-0.1, -0.05) is 17.3 Å². The van der Waals surface area contributed by atoms with Gasteiger partial charge in [-0.05, 0) is 33.2 Å². The highest BCUT2D eigenvalue weighted by Crippen LogP contribution is 2.29. The van der Waals surface area contributed by atoms with Crippen LogP contribution in [0.1, 0.15) is 15.4 Å². The van der Waals surface area contributed by atoms with Crippen LogP contribution in [0.4, 0.5) is 5.82 Å². The molecular formula is C14H10N8O2S2. The molecule has 0 aromatic carbocycles. The van der Waals surface area contributed by atoms with Crippen LogP contribution in [-0.2, 0) is 0 Å². The molecule has 0 aliphatic heterocycles. The van der Waals surface area contributed by atoms with E-state index < -0.39 is 5.91 Å². The zero-order valence-electron chi connectivity index (χ0n) is 12.9. The van der Waals surface area contributed by atoms with Gasteiger partial charge in [-0.25, -0.2) is 10.1 Å². The van der Waals surface area contributed by atoms with Gasteiger partial charge in [-0.2, -0.15) is 9.78 Å². The van der Waals surface area contributed by atoms with E-state index in [0.29, 0.717) is 5.69 Å². The van der Waals surface area contributed by atoms with Crippen LogP contribution in [-0.4, -0.2) is 37.4 Å². The fourth-order valence-electron chi connectivity index (χ4n) is 2.13. The second-order valence-corrected chi connectivity index (χ2v) is 6.79. The van der Waals surface area contributed by atoms with Gasteiger partial charge in [0.2, 0.25) is 11.6 Å². The van der Waals surface area contributed by atoms with Gasteiger partial charge in [0.1, 0.15) is 5.69 Å². The third-order valence-corrected chi connectivity index (χ3v) is 4.92. The van der Waals surface area contributed by atoms with Crippen molar-refractivity contribution < 1.29 is 9.42 Å². The number of aromatic nitrogens is 5. The molecule has 0 radical (unpaired) electrons. The van der Waals surface area contributed by atoms with E-state index in [1.165, 1.54) is 27.4 Å². The Morgan fingerprint density at radius 1 is 1.27 bits per heavy atom. The predicted molar refractivity (Wildman–Crippen MR) is 96.3 cm³/mol. The number of amides is 1. The maximum Gasteiger partial charge on any atom is 0.294 e. The maximum atomic E-state index is 12.5. The fourth-order valence-corrected chi connectivity index (χ4v) is 3.47. The third kappa shape index (κ3) is 2.98. The zero-order valence-corrected chi connectivity index (χ0v) is 14.6. The van der Waals surface area contributed by atoms with Crippen LogP contribution in [0.15, 0.2) is 44.8 Å². The Labute approximate surface area is 153 Å². The Morgan fingerprint density at radius 3 is 2.81 bits per heavy atom. The molecule has 0 aliphatic carbocycles. The number of hydrogen-bond donors (Lipinski definition) is 2. The molecule has 130 valence electrons. The largest absolute Gasteiger partial charge is 0.378 e. The number of rotatable bonds is 5. The number of hydrogen-bond acceptors (Lipinski definition) is 10. The molecular weight excluding hydrogens is 376 g/mol. The van der Waals surface area contributed by atoms with Crippen molar-refractivity contribution >= 4 is 40.6 Å². The summed E-state index contributed by atoms with van der Waals surface area (Å²) in [4.78, 5) is 14.2. The minimum atomic E-state index is -0.512. The number of nitrogens with zero attached hydrogens (tertiary/aromatic N) is 6. The average molecular weight is 386 g/mol. The van der Waals surface area contributed by atoms with Gasteiger partial charge in [-0.15, -0.1) is 27.8 Å². The van der Waals surface area contributed by atoms with Crippen LogP contribution in [0.25, 0.3) is 16.4 Å². The number of nitrogens with two attached hydrogens (primary N) is 1. The van der Waals surface area contributed by atoms with Crippen LogP contribution in [0.3, 0.4) is 0 Å². The first-order chi connectivity index (χ1) is 12.7. The highest BCUT2D eigenvalue weighted by atomic mass is 32.1. The Morgan fingerprint density at radius 2 is 2.12 bits per heavy atom. The lowest BCUT2D eigenvalue weighted by Gasteiger charge is -2.02. The summed E-state index contributed by atoms with van der Waals surface area (Å²) in [6, 6.07) is 7.45. The summed E-state index contributed by atoms with van der Waals surface area (Å²) >= 11 is 2.92. The lowest BCUT2D eigenvalue weighted by atomic mass is 10.2. The van der Waals surface area contributed by atoms with Gasteiger partial charge in [0, 0.05) is 4.88 Å². The predicted octanol–water partition coefficient (Wildman–Crippen LogP) is 1.79. The second kappa shape index (κ2) is 6.85. The molecule has 0 bridgehead atoms. The van der Waals surface area contributed by atoms with E-state index in [0.717, 1.165) is 9.75 Å². The number of carbonyl (C=O) groups is 1. The van der Waals surface area contributed by atoms with Crippen molar-refractivity contribution in [1.29, 1.82) is 0 Å². The van der Waals surface area contributed by atoms with Gasteiger partial charge in [0.25, 0.3) is 5.91 Å². The molecule has 0 unspecified atom stereocenters. The third-order valence-electron chi connectivity index (χ3n) is 3.24. The van der Waals surface area contributed by atoms with Gasteiger partial charge >= 0.3 is 0 Å². The molecule has 4 aromatic heterocycles. The number of nitrogens with one attached hydrogen (secondary N) is 1. The molecule has 0 saturated carbocycles. The molecule has 4 aromatic rings. The quantitative estimate of drug-likeness (QED) is 0.394. The molecule has 0 saturated heterocycles. The fraction of sp³-hybridized carbons (Fsp3) is 0. The Hall–Kier alpha value is -3.38. The number of nitrogen functional groups attached to an aromatic ring is 1. The molecule has 26 heavy (non-hydrogen) atoms. The Bertz CT molecular complexity index is 1050. The summed E-state index contributed by atoms with van der Waals surface area (Å²) in [5, 5.41) is 22.9. The van der Waals surface area contributed by atoms with Crippen LogP contribution in [0.5, 0.6) is 0 Å². The van der Waals surface area contributed by atoms with Crippen molar-refractivity contribution in [3.05, 3.63) is 45.6 Å². The maximum absolute atomic E-state index is 12.5. The van der Waals surface area contributed by atoms with Crippen LogP contribution < -0.4 is 11.2 Å². The van der Waals surface area contributed by atoms with Crippen molar-refractivity contribution in [1.82, 2.24) is 30.7 Å². The van der Waals surface area contributed by atoms with E-state index in [4.69, 9.17) is 5.73 Å². The molecule has 4 heterocycles. The zero-order chi connectivity index (χ0) is 17.9. The van der Waals surface area contributed by atoms with Crippen molar-refractivity contribution in [2.45, 2.75) is 0 Å². The summed E-state index contributed by atoms with van der Waals surface area (Å²) in [5.74, 6) is -0.320. The summed E-state index contributed by atoms with van der Waals surface area (Å²) in [5.41, 5.74) is 8.69. The van der Waals surface area contributed by atoms with E-state index in [1.54, 1.807) is 6.21 Å². The lowest BCUT2D eigenvalue weighted by Crippen LogP contribution is -2.19. The SMILES string of the molecule is Nc1nonc1-n1nnc(C(=O)N/N=C/c2cccs2)c1-c1cccs1. The monoisotopic (exact) mass is 386 g/mol. The Balaban J connectivity index is 1.69. The molecule has 0 spiro atoms. The first-order valence-electron chi connectivity index (χ1n) is 7.19. The van der Waals surface area contributed by atoms with E-state index >= 15 is 0 Å². The minimum absolute atomic E-state index is 0.0374. The number of thiophene rings is 2. The molecule has 0 atom stereocenters.